The van der Waals surface area contributed by atoms with Gasteiger partial charge in [-0.25, -0.2) is 4.79 Å². The second-order valence-electron chi connectivity index (χ2n) is 5.84. The summed E-state index contributed by atoms with van der Waals surface area (Å²) in [6.07, 6.45) is 0.817. The highest BCUT2D eigenvalue weighted by Gasteiger charge is 2.27. The van der Waals surface area contributed by atoms with Crippen LogP contribution >= 0.6 is 0 Å². The van der Waals surface area contributed by atoms with Crippen molar-refractivity contribution >= 4 is 22.6 Å². The van der Waals surface area contributed by atoms with Gasteiger partial charge in [-0.15, -0.1) is 0 Å². The van der Waals surface area contributed by atoms with Gasteiger partial charge in [-0.3, -0.25) is 4.98 Å². The van der Waals surface area contributed by atoms with Gasteiger partial charge in [0.1, 0.15) is 0 Å². The number of para-hydroxylation sites is 1. The highest BCUT2D eigenvalue weighted by Crippen LogP contribution is 2.24. The van der Waals surface area contributed by atoms with Crippen molar-refractivity contribution in [3.05, 3.63) is 36.0 Å². The number of carbonyl (C=O) groups excluding carboxylic acids is 1. The number of benzene rings is 1. The fourth-order valence-electron chi connectivity index (χ4n) is 2.95. The van der Waals surface area contributed by atoms with E-state index >= 15 is 0 Å². The summed E-state index contributed by atoms with van der Waals surface area (Å²) in [5.74, 6) is 0. The maximum Gasteiger partial charge on any atom is 0.322 e. The Balaban J connectivity index is 1.86. The molecule has 1 fully saturated rings. The summed E-state index contributed by atoms with van der Waals surface area (Å²) in [4.78, 5) is 19.2. The van der Waals surface area contributed by atoms with E-state index in [1.807, 2.05) is 30.3 Å². The zero-order chi connectivity index (χ0) is 16.9. The fourth-order valence-corrected chi connectivity index (χ4v) is 2.95. The molecule has 2 aromatic rings. The quantitative estimate of drug-likeness (QED) is 0.937. The van der Waals surface area contributed by atoms with Crippen molar-refractivity contribution in [1.29, 1.82) is 0 Å². The van der Waals surface area contributed by atoms with Crippen molar-refractivity contribution in [2.75, 3.05) is 38.8 Å². The van der Waals surface area contributed by atoms with Crippen LogP contribution in [0.5, 0.6) is 0 Å². The van der Waals surface area contributed by atoms with Crippen molar-refractivity contribution in [2.24, 2.45) is 0 Å². The topological polar surface area (TPSA) is 63.7 Å². The molecule has 0 saturated carbocycles. The van der Waals surface area contributed by atoms with Gasteiger partial charge in [0, 0.05) is 24.7 Å². The Morgan fingerprint density at radius 1 is 1.46 bits per heavy atom. The minimum atomic E-state index is -0.126. The van der Waals surface area contributed by atoms with Crippen LogP contribution in [0, 0.1) is 0 Å². The van der Waals surface area contributed by atoms with E-state index in [1.165, 1.54) is 0 Å². The monoisotopic (exact) mass is 329 g/mol. The van der Waals surface area contributed by atoms with Crippen LogP contribution in [0.4, 0.5) is 10.5 Å². The van der Waals surface area contributed by atoms with E-state index in [1.54, 1.807) is 12.0 Å². The summed E-state index contributed by atoms with van der Waals surface area (Å²) >= 11 is 0. The molecule has 0 bridgehead atoms. The second-order valence-corrected chi connectivity index (χ2v) is 5.84. The summed E-state index contributed by atoms with van der Waals surface area (Å²) in [7, 11) is 1.63. The van der Waals surface area contributed by atoms with Gasteiger partial charge in [0.15, 0.2) is 0 Å². The Kier molecular flexibility index (Phi) is 5.27. The Hall–Kier alpha value is -2.18. The molecule has 1 aliphatic heterocycles. The molecule has 6 nitrogen and oxygen atoms in total. The van der Waals surface area contributed by atoms with Gasteiger partial charge >= 0.3 is 6.03 Å². The normalized spacial score (nSPS) is 17.9. The standard InChI is InChI=1S/C18H23N3O3/c1-3-13-10-17(15-6-4-5-7-16(15)19-13)20-18(22)21-8-9-24-12-14(21)11-23-2/h4-7,10,14H,3,8-9,11-12H2,1-2H3,(H,19,20,22). The van der Waals surface area contributed by atoms with Gasteiger partial charge < -0.3 is 19.7 Å². The van der Waals surface area contributed by atoms with Crippen LogP contribution in [-0.4, -0.2) is 55.4 Å². The summed E-state index contributed by atoms with van der Waals surface area (Å²) in [5, 5.41) is 4.00. The predicted octanol–water partition coefficient (Wildman–Crippen LogP) is 2.68. The highest BCUT2D eigenvalue weighted by atomic mass is 16.5. The molecule has 1 saturated heterocycles. The zero-order valence-electron chi connectivity index (χ0n) is 14.1. The molecule has 1 aromatic heterocycles. The SMILES string of the molecule is CCc1cc(NC(=O)N2CCOCC2COC)c2ccccc2n1. The number of hydrogen-bond acceptors (Lipinski definition) is 4. The van der Waals surface area contributed by atoms with Crippen molar-refractivity contribution in [3.8, 4) is 0 Å². The lowest BCUT2D eigenvalue weighted by Crippen LogP contribution is -2.52. The molecule has 24 heavy (non-hydrogen) atoms. The third-order valence-corrected chi connectivity index (χ3v) is 4.22. The Morgan fingerprint density at radius 2 is 2.29 bits per heavy atom. The van der Waals surface area contributed by atoms with Crippen molar-refractivity contribution in [1.82, 2.24) is 9.88 Å². The molecular weight excluding hydrogens is 306 g/mol. The molecule has 1 aliphatic rings. The molecule has 6 heteroatoms. The fraction of sp³-hybridized carbons (Fsp3) is 0.444. The number of amides is 2. The molecule has 3 rings (SSSR count). The van der Waals surface area contributed by atoms with Gasteiger partial charge in [0.2, 0.25) is 0 Å². The van der Waals surface area contributed by atoms with Crippen LogP contribution in [0.15, 0.2) is 30.3 Å². The van der Waals surface area contributed by atoms with E-state index in [-0.39, 0.29) is 12.1 Å². The molecule has 1 N–H and O–H groups in total. The van der Waals surface area contributed by atoms with Gasteiger partial charge in [0.05, 0.1) is 37.1 Å². The van der Waals surface area contributed by atoms with Gasteiger partial charge in [-0.1, -0.05) is 25.1 Å². The highest BCUT2D eigenvalue weighted by molar-refractivity contribution is 6.00. The number of pyridine rings is 1. The van der Waals surface area contributed by atoms with E-state index in [4.69, 9.17) is 9.47 Å². The number of rotatable bonds is 4. The number of hydrogen-bond donors (Lipinski definition) is 1. The molecule has 0 radical (unpaired) electrons. The number of fused-ring (bicyclic) bond motifs is 1. The Bertz CT molecular complexity index is 718. The van der Waals surface area contributed by atoms with Crippen molar-refractivity contribution in [2.45, 2.75) is 19.4 Å². The van der Waals surface area contributed by atoms with E-state index in [0.29, 0.717) is 26.4 Å². The van der Waals surface area contributed by atoms with Crippen LogP contribution in [0.1, 0.15) is 12.6 Å². The van der Waals surface area contributed by atoms with Crippen LogP contribution in [0.3, 0.4) is 0 Å². The number of anilines is 1. The Morgan fingerprint density at radius 3 is 3.08 bits per heavy atom. The van der Waals surface area contributed by atoms with E-state index < -0.39 is 0 Å². The van der Waals surface area contributed by atoms with Gasteiger partial charge in [0.25, 0.3) is 0 Å². The molecule has 2 heterocycles. The predicted molar refractivity (Wildman–Crippen MR) is 93.3 cm³/mol. The molecule has 1 unspecified atom stereocenters. The number of aryl methyl sites for hydroxylation is 1. The summed E-state index contributed by atoms with van der Waals surface area (Å²) in [5.41, 5.74) is 2.65. The van der Waals surface area contributed by atoms with Crippen molar-refractivity contribution in [3.63, 3.8) is 0 Å². The number of aromatic nitrogens is 1. The number of methoxy groups -OCH3 is 1. The first-order valence-corrected chi connectivity index (χ1v) is 8.26. The summed E-state index contributed by atoms with van der Waals surface area (Å²) in [6, 6.07) is 9.61. The average molecular weight is 329 g/mol. The van der Waals surface area contributed by atoms with Gasteiger partial charge in [-0.2, -0.15) is 0 Å². The third kappa shape index (κ3) is 3.49. The van der Waals surface area contributed by atoms with Crippen LogP contribution in [-0.2, 0) is 15.9 Å². The summed E-state index contributed by atoms with van der Waals surface area (Å²) in [6.45, 7) is 4.12. The molecule has 0 aliphatic carbocycles. The van der Waals surface area contributed by atoms with E-state index in [2.05, 4.69) is 17.2 Å². The van der Waals surface area contributed by atoms with Gasteiger partial charge in [-0.05, 0) is 18.6 Å². The first kappa shape index (κ1) is 16.7. The molecule has 1 aromatic carbocycles. The summed E-state index contributed by atoms with van der Waals surface area (Å²) < 4.78 is 10.7. The molecule has 128 valence electrons. The lowest BCUT2D eigenvalue weighted by Gasteiger charge is -2.35. The molecule has 0 spiro atoms. The van der Waals surface area contributed by atoms with Crippen LogP contribution in [0.2, 0.25) is 0 Å². The van der Waals surface area contributed by atoms with E-state index in [0.717, 1.165) is 28.7 Å². The smallest absolute Gasteiger partial charge is 0.322 e. The number of nitrogens with one attached hydrogen (secondary N) is 1. The second kappa shape index (κ2) is 7.59. The molecule has 1 atom stereocenters. The van der Waals surface area contributed by atoms with E-state index in [9.17, 15) is 4.79 Å². The number of urea groups is 1. The maximum atomic E-state index is 12.8. The first-order chi connectivity index (χ1) is 11.7. The largest absolute Gasteiger partial charge is 0.382 e. The van der Waals surface area contributed by atoms with Crippen LogP contribution in [0.25, 0.3) is 10.9 Å². The molecular formula is C18H23N3O3. The number of morpholine rings is 1. The number of ether oxygens (including phenoxy) is 2. The minimum absolute atomic E-state index is 0.0671. The molecule has 2 amide bonds. The minimum Gasteiger partial charge on any atom is -0.382 e. The zero-order valence-corrected chi connectivity index (χ0v) is 14.1. The number of nitrogens with zero attached hydrogens (tertiary/aromatic N) is 2. The number of carbonyl (C=O) groups is 1. The first-order valence-electron chi connectivity index (χ1n) is 8.26. The Labute approximate surface area is 141 Å². The maximum absolute atomic E-state index is 12.8. The van der Waals surface area contributed by atoms with Crippen molar-refractivity contribution < 1.29 is 14.3 Å². The lowest BCUT2D eigenvalue weighted by atomic mass is 10.1. The third-order valence-electron chi connectivity index (χ3n) is 4.22. The lowest BCUT2D eigenvalue weighted by molar-refractivity contribution is -0.0133. The average Bonchev–Trinajstić information content (AvgIpc) is 2.62. The van der Waals surface area contributed by atoms with Crippen LogP contribution < -0.4 is 5.32 Å².